The maximum Gasteiger partial charge on any atom is 0.0431 e. The van der Waals surface area contributed by atoms with Crippen LogP contribution < -0.4 is 11.1 Å². The molecule has 0 heterocycles. The van der Waals surface area contributed by atoms with E-state index < -0.39 is 0 Å². The fraction of sp³-hybridized carbons (Fsp3) is 1.00. The molecule has 1 rings (SSSR count). The van der Waals surface area contributed by atoms with E-state index in [-0.39, 0.29) is 0 Å². The number of hydrogen-bond donors (Lipinski definition) is 3. The monoisotopic (exact) mass is 242 g/mol. The van der Waals surface area contributed by atoms with Gasteiger partial charge in [0.15, 0.2) is 0 Å². The topological polar surface area (TPSA) is 58.3 Å². The summed E-state index contributed by atoms with van der Waals surface area (Å²) < 4.78 is 0. The zero-order valence-electron chi connectivity index (χ0n) is 11.2. The van der Waals surface area contributed by atoms with Crippen molar-refractivity contribution < 1.29 is 5.11 Å². The Morgan fingerprint density at radius 1 is 1.12 bits per heavy atom. The molecule has 0 aliphatic heterocycles. The average molecular weight is 242 g/mol. The summed E-state index contributed by atoms with van der Waals surface area (Å²) in [4.78, 5) is 0. The highest BCUT2D eigenvalue weighted by atomic mass is 16.2. The molecule has 102 valence electrons. The van der Waals surface area contributed by atoms with Crippen molar-refractivity contribution in [1.82, 2.24) is 5.32 Å². The molecule has 1 aliphatic carbocycles. The molecule has 0 saturated heterocycles. The second kappa shape index (κ2) is 9.86. The maximum absolute atomic E-state index is 8.70. The van der Waals surface area contributed by atoms with Crippen LogP contribution in [0.15, 0.2) is 0 Å². The predicted octanol–water partition coefficient (Wildman–Crippen LogP) is 2.04. The Labute approximate surface area is 106 Å². The third-order valence-electron chi connectivity index (χ3n) is 3.90. The normalized spacial score (nSPS) is 19.4. The third kappa shape index (κ3) is 7.02. The minimum absolute atomic E-state index is 0.322. The van der Waals surface area contributed by atoms with E-state index in [1.54, 1.807) is 0 Å². The van der Waals surface area contributed by atoms with Crippen LogP contribution in [0.1, 0.15) is 57.8 Å². The largest absolute Gasteiger partial charge is 0.396 e. The lowest BCUT2D eigenvalue weighted by Gasteiger charge is -2.26. The molecular formula is C14H30N2O. The van der Waals surface area contributed by atoms with Gasteiger partial charge >= 0.3 is 0 Å². The van der Waals surface area contributed by atoms with Gasteiger partial charge in [-0.15, -0.1) is 0 Å². The number of aliphatic hydroxyl groups is 1. The highest BCUT2D eigenvalue weighted by Gasteiger charge is 2.17. The lowest BCUT2D eigenvalue weighted by molar-refractivity contribution is 0.279. The van der Waals surface area contributed by atoms with E-state index in [0.717, 1.165) is 38.3 Å². The van der Waals surface area contributed by atoms with E-state index >= 15 is 0 Å². The van der Waals surface area contributed by atoms with Crippen LogP contribution in [0.3, 0.4) is 0 Å². The van der Waals surface area contributed by atoms with Crippen molar-refractivity contribution in [3.63, 3.8) is 0 Å². The van der Waals surface area contributed by atoms with Gasteiger partial charge < -0.3 is 16.2 Å². The first-order chi connectivity index (χ1) is 8.36. The standard InChI is InChI=1S/C14H30N2O/c15-12-14(16-9-5-2-6-10-17)11-13-7-3-1-4-8-13/h13-14,16-17H,1-12,15H2. The molecule has 0 aromatic rings. The van der Waals surface area contributed by atoms with Crippen LogP contribution in [-0.4, -0.2) is 30.8 Å². The van der Waals surface area contributed by atoms with Gasteiger partial charge in [-0.3, -0.25) is 0 Å². The molecule has 17 heavy (non-hydrogen) atoms. The van der Waals surface area contributed by atoms with Crippen molar-refractivity contribution in [2.24, 2.45) is 11.7 Å². The van der Waals surface area contributed by atoms with Gasteiger partial charge in [0.1, 0.15) is 0 Å². The van der Waals surface area contributed by atoms with Crippen molar-refractivity contribution in [2.45, 2.75) is 63.8 Å². The summed E-state index contributed by atoms with van der Waals surface area (Å²) in [7, 11) is 0. The molecular weight excluding hydrogens is 212 g/mol. The van der Waals surface area contributed by atoms with E-state index in [9.17, 15) is 0 Å². The van der Waals surface area contributed by atoms with Gasteiger partial charge in [-0.2, -0.15) is 0 Å². The van der Waals surface area contributed by atoms with Crippen LogP contribution in [0.4, 0.5) is 0 Å². The first kappa shape index (κ1) is 14.9. The molecule has 0 aromatic carbocycles. The Morgan fingerprint density at radius 3 is 2.53 bits per heavy atom. The van der Waals surface area contributed by atoms with E-state index in [1.165, 1.54) is 38.5 Å². The number of hydrogen-bond acceptors (Lipinski definition) is 3. The molecule has 1 fully saturated rings. The van der Waals surface area contributed by atoms with Gasteiger partial charge in [0.25, 0.3) is 0 Å². The van der Waals surface area contributed by atoms with Crippen molar-refractivity contribution in [3.8, 4) is 0 Å². The Hall–Kier alpha value is -0.120. The van der Waals surface area contributed by atoms with Crippen molar-refractivity contribution >= 4 is 0 Å². The van der Waals surface area contributed by atoms with Crippen LogP contribution in [0.25, 0.3) is 0 Å². The molecule has 0 aromatic heterocycles. The highest BCUT2D eigenvalue weighted by molar-refractivity contribution is 4.75. The third-order valence-corrected chi connectivity index (χ3v) is 3.90. The van der Waals surface area contributed by atoms with Crippen molar-refractivity contribution in [3.05, 3.63) is 0 Å². The smallest absolute Gasteiger partial charge is 0.0431 e. The van der Waals surface area contributed by atoms with E-state index in [4.69, 9.17) is 10.8 Å². The number of nitrogens with two attached hydrogens (primary N) is 1. The number of aliphatic hydroxyl groups excluding tert-OH is 1. The summed E-state index contributed by atoms with van der Waals surface area (Å²) >= 11 is 0. The summed E-state index contributed by atoms with van der Waals surface area (Å²) in [6.07, 6.45) is 11.5. The molecule has 4 N–H and O–H groups in total. The Kier molecular flexibility index (Phi) is 8.67. The van der Waals surface area contributed by atoms with Gasteiger partial charge in [0.2, 0.25) is 0 Å². The zero-order chi connectivity index (χ0) is 12.3. The minimum Gasteiger partial charge on any atom is -0.396 e. The molecule has 0 bridgehead atoms. The van der Waals surface area contributed by atoms with Crippen molar-refractivity contribution in [2.75, 3.05) is 19.7 Å². The maximum atomic E-state index is 8.70. The Balaban J connectivity index is 2.05. The van der Waals surface area contributed by atoms with Gasteiger partial charge in [-0.25, -0.2) is 0 Å². The summed E-state index contributed by atoms with van der Waals surface area (Å²) in [6.45, 7) is 2.13. The molecule has 0 radical (unpaired) electrons. The van der Waals surface area contributed by atoms with Gasteiger partial charge in [-0.1, -0.05) is 32.1 Å². The summed E-state index contributed by atoms with van der Waals surface area (Å²) in [6, 6.07) is 0.507. The zero-order valence-corrected chi connectivity index (χ0v) is 11.2. The molecule has 1 aliphatic rings. The summed E-state index contributed by atoms with van der Waals surface area (Å²) in [5, 5.41) is 12.3. The number of rotatable bonds is 9. The molecule has 0 amide bonds. The van der Waals surface area contributed by atoms with Crippen molar-refractivity contribution in [1.29, 1.82) is 0 Å². The SMILES string of the molecule is NCC(CC1CCCCC1)NCCCCCO. The first-order valence-electron chi connectivity index (χ1n) is 7.41. The Morgan fingerprint density at radius 2 is 1.88 bits per heavy atom. The lowest BCUT2D eigenvalue weighted by atomic mass is 9.85. The number of unbranched alkanes of at least 4 members (excludes halogenated alkanes) is 2. The quantitative estimate of drug-likeness (QED) is 0.542. The van der Waals surface area contributed by atoms with Crippen LogP contribution >= 0.6 is 0 Å². The fourth-order valence-electron chi connectivity index (χ4n) is 2.81. The molecule has 1 unspecified atom stereocenters. The molecule has 1 saturated carbocycles. The van der Waals surface area contributed by atoms with Gasteiger partial charge in [-0.05, 0) is 38.1 Å². The predicted molar refractivity (Wildman–Crippen MR) is 73.0 cm³/mol. The second-order valence-corrected chi connectivity index (χ2v) is 5.41. The Bertz CT molecular complexity index is 170. The number of nitrogens with one attached hydrogen (secondary N) is 1. The van der Waals surface area contributed by atoms with E-state index in [0.29, 0.717) is 12.6 Å². The summed E-state index contributed by atoms with van der Waals surface area (Å²) in [5.41, 5.74) is 5.83. The van der Waals surface area contributed by atoms with Crippen LogP contribution in [-0.2, 0) is 0 Å². The average Bonchev–Trinajstić information content (AvgIpc) is 2.38. The van der Waals surface area contributed by atoms with E-state index in [2.05, 4.69) is 5.32 Å². The molecule has 3 nitrogen and oxygen atoms in total. The van der Waals surface area contributed by atoms with Gasteiger partial charge in [0, 0.05) is 19.2 Å². The second-order valence-electron chi connectivity index (χ2n) is 5.41. The molecule has 0 spiro atoms. The van der Waals surface area contributed by atoms with Crippen LogP contribution in [0, 0.1) is 5.92 Å². The fourth-order valence-corrected chi connectivity index (χ4v) is 2.81. The minimum atomic E-state index is 0.322. The lowest BCUT2D eigenvalue weighted by Crippen LogP contribution is -2.38. The summed E-state index contributed by atoms with van der Waals surface area (Å²) in [5.74, 6) is 0.905. The molecule has 3 heteroatoms. The van der Waals surface area contributed by atoms with Gasteiger partial charge in [0.05, 0.1) is 0 Å². The van der Waals surface area contributed by atoms with Crippen LogP contribution in [0.5, 0.6) is 0 Å². The van der Waals surface area contributed by atoms with E-state index in [1.807, 2.05) is 0 Å². The first-order valence-corrected chi connectivity index (χ1v) is 7.41. The van der Waals surface area contributed by atoms with Crippen LogP contribution in [0.2, 0.25) is 0 Å². The molecule has 1 atom stereocenters. The highest BCUT2D eigenvalue weighted by Crippen LogP contribution is 2.27.